The van der Waals surface area contributed by atoms with Gasteiger partial charge in [0.25, 0.3) is 5.56 Å². The highest BCUT2D eigenvalue weighted by molar-refractivity contribution is 5.88. The van der Waals surface area contributed by atoms with Gasteiger partial charge in [-0.25, -0.2) is 4.79 Å². The first-order valence-electron chi connectivity index (χ1n) is 9.39. The minimum atomic E-state index is -1.19. The second-order valence-electron chi connectivity index (χ2n) is 7.38. The Kier molecular flexibility index (Phi) is 5.96. The fraction of sp³-hybridized carbons (Fsp3) is 0.632. The number of aromatic nitrogens is 1. The fourth-order valence-electron chi connectivity index (χ4n) is 4.00. The number of aryl methyl sites for hydroxylation is 1. The summed E-state index contributed by atoms with van der Waals surface area (Å²) >= 11 is 0. The predicted molar refractivity (Wildman–Crippen MR) is 99.0 cm³/mol. The van der Waals surface area contributed by atoms with Crippen LogP contribution in [0.3, 0.4) is 0 Å². The molecule has 2 atom stereocenters. The third kappa shape index (κ3) is 4.22. The molecule has 1 amide bonds. The molecule has 2 aliphatic rings. The molecular weight excluding hydrogens is 350 g/mol. The summed E-state index contributed by atoms with van der Waals surface area (Å²) in [4.78, 5) is 40.3. The number of likely N-dealkylation sites (N-methyl/N-ethyl adjacent to an activating group) is 1. The van der Waals surface area contributed by atoms with E-state index in [-0.39, 0.29) is 23.6 Å². The second-order valence-corrected chi connectivity index (χ2v) is 7.38. The lowest BCUT2D eigenvalue weighted by Gasteiger charge is -2.30. The Balaban J connectivity index is 1.64. The quantitative estimate of drug-likeness (QED) is 0.806. The Bertz CT molecular complexity index is 769. The van der Waals surface area contributed by atoms with Crippen molar-refractivity contribution < 1.29 is 19.4 Å². The first-order valence-corrected chi connectivity index (χ1v) is 9.39. The van der Waals surface area contributed by atoms with Gasteiger partial charge in [0.1, 0.15) is 5.56 Å². The van der Waals surface area contributed by atoms with Crippen LogP contribution < -0.4 is 5.56 Å². The Morgan fingerprint density at radius 1 is 1.22 bits per heavy atom. The van der Waals surface area contributed by atoms with E-state index in [0.717, 1.165) is 12.8 Å². The number of hydrogen-bond acceptors (Lipinski definition) is 5. The zero-order valence-corrected chi connectivity index (χ0v) is 15.9. The van der Waals surface area contributed by atoms with E-state index in [0.29, 0.717) is 44.8 Å². The van der Waals surface area contributed by atoms with Crippen molar-refractivity contribution in [2.75, 3.05) is 33.4 Å². The van der Waals surface area contributed by atoms with Gasteiger partial charge in [-0.2, -0.15) is 0 Å². The zero-order chi connectivity index (χ0) is 19.6. The number of carboxylic acid groups (broad SMARTS) is 1. The number of likely N-dealkylation sites (tertiary alicyclic amines) is 1. The minimum Gasteiger partial charge on any atom is -0.477 e. The number of amides is 1. The number of rotatable bonds is 5. The largest absolute Gasteiger partial charge is 0.477 e. The van der Waals surface area contributed by atoms with Crippen molar-refractivity contribution in [1.29, 1.82) is 0 Å². The van der Waals surface area contributed by atoms with Crippen LogP contribution in [-0.4, -0.2) is 76.8 Å². The Morgan fingerprint density at radius 3 is 2.56 bits per heavy atom. The van der Waals surface area contributed by atoms with E-state index in [1.807, 2.05) is 11.9 Å². The van der Waals surface area contributed by atoms with Gasteiger partial charge >= 0.3 is 5.97 Å². The smallest absolute Gasteiger partial charge is 0.341 e. The maximum absolute atomic E-state index is 12.5. The molecule has 1 aromatic rings. The van der Waals surface area contributed by atoms with Crippen molar-refractivity contribution in [1.82, 2.24) is 14.4 Å². The van der Waals surface area contributed by atoms with E-state index >= 15 is 0 Å². The highest BCUT2D eigenvalue weighted by Crippen LogP contribution is 2.26. The maximum atomic E-state index is 12.5. The van der Waals surface area contributed by atoms with Crippen molar-refractivity contribution in [3.8, 4) is 0 Å². The lowest BCUT2D eigenvalue weighted by molar-refractivity contribution is -0.136. The van der Waals surface area contributed by atoms with Gasteiger partial charge in [0.2, 0.25) is 5.91 Å². The molecule has 1 aromatic heterocycles. The fourth-order valence-corrected chi connectivity index (χ4v) is 4.00. The van der Waals surface area contributed by atoms with Crippen molar-refractivity contribution >= 4 is 11.9 Å². The van der Waals surface area contributed by atoms with Crippen LogP contribution in [0.15, 0.2) is 17.1 Å². The van der Waals surface area contributed by atoms with E-state index in [2.05, 4.69) is 4.90 Å². The number of aromatic carboxylic acids is 1. The number of carbonyl (C=O) groups is 2. The van der Waals surface area contributed by atoms with Crippen LogP contribution >= 0.6 is 0 Å². The molecule has 0 bridgehead atoms. The Morgan fingerprint density at radius 2 is 1.89 bits per heavy atom. The maximum Gasteiger partial charge on any atom is 0.341 e. The molecule has 1 N–H and O–H groups in total. The first kappa shape index (κ1) is 19.6. The molecule has 0 unspecified atom stereocenters. The van der Waals surface area contributed by atoms with Crippen LogP contribution in [0.4, 0.5) is 0 Å². The third-order valence-corrected chi connectivity index (χ3v) is 5.75. The molecule has 8 nitrogen and oxygen atoms in total. The number of hydrogen-bond donors (Lipinski definition) is 1. The topological polar surface area (TPSA) is 92.1 Å². The Labute approximate surface area is 158 Å². The van der Waals surface area contributed by atoms with E-state index in [4.69, 9.17) is 4.74 Å². The van der Waals surface area contributed by atoms with Gasteiger partial charge in [-0.1, -0.05) is 0 Å². The highest BCUT2D eigenvalue weighted by atomic mass is 16.5. The molecule has 0 spiro atoms. The molecule has 8 heteroatoms. The summed E-state index contributed by atoms with van der Waals surface area (Å²) < 4.78 is 6.77. The molecular formula is C19H27N3O5. The van der Waals surface area contributed by atoms with Gasteiger partial charge in [0, 0.05) is 44.3 Å². The van der Waals surface area contributed by atoms with Crippen LogP contribution in [0.5, 0.6) is 0 Å². The molecule has 3 rings (SSSR count). The van der Waals surface area contributed by atoms with Crippen molar-refractivity contribution in [2.24, 2.45) is 0 Å². The Hall–Kier alpha value is -2.19. The standard InChI is InChI=1S/C19H27N3O5/c1-13-5-6-22(18(24)17(13)19(25)26)12-15-4-3-14(20(15)2)11-16(23)21-7-9-27-10-8-21/h5-6,14-15H,3-4,7-12H2,1-2H3,(H,25,26)/t14-,15+/m1/s1. The van der Waals surface area contributed by atoms with Crippen molar-refractivity contribution in [3.63, 3.8) is 0 Å². The average molecular weight is 377 g/mol. The molecule has 0 aliphatic carbocycles. The summed E-state index contributed by atoms with van der Waals surface area (Å²) in [5.41, 5.74) is -0.168. The summed E-state index contributed by atoms with van der Waals surface area (Å²) in [5.74, 6) is -1.04. The molecule has 3 heterocycles. The number of carbonyl (C=O) groups excluding carboxylic acids is 1. The highest BCUT2D eigenvalue weighted by Gasteiger charge is 2.33. The van der Waals surface area contributed by atoms with Gasteiger partial charge in [-0.15, -0.1) is 0 Å². The summed E-state index contributed by atoms with van der Waals surface area (Å²) in [7, 11) is 1.98. The lowest BCUT2D eigenvalue weighted by atomic mass is 10.1. The molecule has 2 aliphatic heterocycles. The van der Waals surface area contributed by atoms with Crippen LogP contribution in [-0.2, 0) is 16.1 Å². The van der Waals surface area contributed by atoms with Crippen molar-refractivity contribution in [3.05, 3.63) is 33.7 Å². The summed E-state index contributed by atoms with van der Waals surface area (Å²) in [5, 5.41) is 9.27. The van der Waals surface area contributed by atoms with Gasteiger partial charge in [0.05, 0.1) is 13.2 Å². The minimum absolute atomic E-state index is 0.106. The number of ether oxygens (including phenoxy) is 1. The predicted octanol–water partition coefficient (Wildman–Crippen LogP) is 0.567. The average Bonchev–Trinajstić information content (AvgIpc) is 2.98. The van der Waals surface area contributed by atoms with Gasteiger partial charge < -0.3 is 19.3 Å². The van der Waals surface area contributed by atoms with Crippen LogP contribution in [0.25, 0.3) is 0 Å². The molecule has 0 aromatic carbocycles. The third-order valence-electron chi connectivity index (χ3n) is 5.75. The monoisotopic (exact) mass is 377 g/mol. The number of morpholine rings is 1. The van der Waals surface area contributed by atoms with Crippen LogP contribution in [0.1, 0.15) is 35.2 Å². The molecule has 0 radical (unpaired) electrons. The van der Waals surface area contributed by atoms with Gasteiger partial charge in [-0.05, 0) is 38.4 Å². The summed E-state index contributed by atoms with van der Waals surface area (Å²) in [6.45, 7) is 4.54. The van der Waals surface area contributed by atoms with E-state index < -0.39 is 11.5 Å². The summed E-state index contributed by atoms with van der Waals surface area (Å²) in [6, 6.07) is 1.92. The number of nitrogens with zero attached hydrogens (tertiary/aromatic N) is 3. The number of pyridine rings is 1. The molecule has 27 heavy (non-hydrogen) atoms. The SMILES string of the molecule is Cc1ccn(C[C@@H]2CC[C@H](CC(=O)N3CCOCC3)N2C)c(=O)c1C(=O)O. The van der Waals surface area contributed by atoms with Gasteiger partial charge in [0.15, 0.2) is 0 Å². The molecule has 2 saturated heterocycles. The first-order chi connectivity index (χ1) is 12.9. The van der Waals surface area contributed by atoms with Crippen LogP contribution in [0, 0.1) is 6.92 Å². The van der Waals surface area contributed by atoms with Crippen molar-refractivity contribution in [2.45, 2.75) is 44.8 Å². The van der Waals surface area contributed by atoms with Gasteiger partial charge in [-0.3, -0.25) is 14.5 Å². The second kappa shape index (κ2) is 8.22. The molecule has 2 fully saturated rings. The number of carboxylic acids is 1. The molecule has 148 valence electrons. The molecule has 0 saturated carbocycles. The van der Waals surface area contributed by atoms with E-state index in [1.54, 1.807) is 19.2 Å². The van der Waals surface area contributed by atoms with E-state index in [9.17, 15) is 19.5 Å². The van der Waals surface area contributed by atoms with Crippen LogP contribution in [0.2, 0.25) is 0 Å². The van der Waals surface area contributed by atoms with E-state index in [1.165, 1.54) is 4.57 Å². The lowest BCUT2D eigenvalue weighted by Crippen LogP contribution is -2.44. The normalized spacial score (nSPS) is 23.6. The summed E-state index contributed by atoms with van der Waals surface area (Å²) in [6.07, 6.45) is 3.89. The zero-order valence-electron chi connectivity index (χ0n) is 15.9.